The Morgan fingerprint density at radius 2 is 2.33 bits per heavy atom. The highest BCUT2D eigenvalue weighted by atomic mass is 32.2. The van der Waals surface area contributed by atoms with E-state index < -0.39 is 0 Å². The van der Waals surface area contributed by atoms with Gasteiger partial charge in [0.25, 0.3) is 0 Å². The Kier molecular flexibility index (Phi) is 4.30. The Morgan fingerprint density at radius 3 is 2.93 bits per heavy atom. The van der Waals surface area contributed by atoms with Crippen LogP contribution in [0.4, 0.5) is 11.4 Å². The number of methoxy groups -OCH3 is 1. The largest absolute Gasteiger partial charge is 0.497 e. The second-order valence-electron chi connectivity index (χ2n) is 2.93. The summed E-state index contributed by atoms with van der Waals surface area (Å²) in [6.07, 6.45) is 1.87. The minimum Gasteiger partial charge on any atom is -0.497 e. The zero-order valence-corrected chi connectivity index (χ0v) is 9.56. The van der Waals surface area contributed by atoms with Gasteiger partial charge < -0.3 is 15.8 Å². The molecule has 1 aromatic rings. The van der Waals surface area contributed by atoms with Gasteiger partial charge >= 0.3 is 0 Å². The third kappa shape index (κ3) is 3.36. The lowest BCUT2D eigenvalue weighted by Crippen LogP contribution is -2.15. The first-order valence-corrected chi connectivity index (χ1v) is 5.79. The summed E-state index contributed by atoms with van der Waals surface area (Å²) in [7, 11) is 1.57. The van der Waals surface area contributed by atoms with Crippen molar-refractivity contribution in [3.05, 3.63) is 18.2 Å². The van der Waals surface area contributed by atoms with E-state index in [-0.39, 0.29) is 5.91 Å². The highest BCUT2D eigenvalue weighted by Gasteiger charge is 2.05. The molecule has 0 radical (unpaired) electrons. The first-order chi connectivity index (χ1) is 7.17. The summed E-state index contributed by atoms with van der Waals surface area (Å²) >= 11 is 1.46. The maximum absolute atomic E-state index is 11.3. The number of anilines is 2. The van der Waals surface area contributed by atoms with Crippen LogP contribution >= 0.6 is 11.8 Å². The molecule has 82 valence electrons. The molecule has 3 N–H and O–H groups in total. The molecule has 1 aromatic carbocycles. The van der Waals surface area contributed by atoms with Crippen molar-refractivity contribution < 1.29 is 9.53 Å². The summed E-state index contributed by atoms with van der Waals surface area (Å²) in [6, 6.07) is 5.15. The number of carbonyl (C=O) groups is 1. The van der Waals surface area contributed by atoms with Crippen molar-refractivity contribution in [2.24, 2.45) is 0 Å². The van der Waals surface area contributed by atoms with Crippen molar-refractivity contribution in [1.82, 2.24) is 0 Å². The molecule has 0 aliphatic carbocycles. The van der Waals surface area contributed by atoms with Crippen LogP contribution in [0.15, 0.2) is 18.2 Å². The lowest BCUT2D eigenvalue weighted by Gasteiger charge is -2.09. The molecule has 0 heterocycles. The van der Waals surface area contributed by atoms with Gasteiger partial charge in [0.15, 0.2) is 0 Å². The van der Waals surface area contributed by atoms with E-state index in [0.717, 1.165) is 0 Å². The number of nitrogens with two attached hydrogens (primary N) is 1. The number of amides is 1. The number of nitrogen functional groups attached to an aromatic ring is 1. The van der Waals surface area contributed by atoms with E-state index >= 15 is 0 Å². The van der Waals surface area contributed by atoms with Crippen LogP contribution in [0.5, 0.6) is 5.75 Å². The third-order valence-corrected chi connectivity index (χ3v) is 2.36. The predicted molar refractivity (Wildman–Crippen MR) is 64.4 cm³/mol. The predicted octanol–water partition coefficient (Wildman–Crippen LogP) is 1.58. The maximum Gasteiger partial charge on any atom is 0.234 e. The number of thioether (sulfide) groups is 1. The minimum absolute atomic E-state index is 0.0672. The van der Waals surface area contributed by atoms with Crippen LogP contribution < -0.4 is 15.8 Å². The molecule has 1 amide bonds. The molecule has 0 unspecified atom stereocenters. The fraction of sp³-hybridized carbons (Fsp3) is 0.300. The quantitative estimate of drug-likeness (QED) is 0.765. The van der Waals surface area contributed by atoms with Crippen molar-refractivity contribution in [3.8, 4) is 5.75 Å². The van der Waals surface area contributed by atoms with E-state index in [1.165, 1.54) is 11.8 Å². The molecule has 0 saturated heterocycles. The molecule has 0 atom stereocenters. The van der Waals surface area contributed by atoms with Gasteiger partial charge in [-0.3, -0.25) is 4.79 Å². The Labute approximate surface area is 93.2 Å². The highest BCUT2D eigenvalue weighted by Crippen LogP contribution is 2.24. The normalized spacial score (nSPS) is 9.73. The molecule has 0 bridgehead atoms. The summed E-state index contributed by atoms with van der Waals surface area (Å²) in [5.41, 5.74) is 6.84. The number of rotatable bonds is 4. The summed E-state index contributed by atoms with van der Waals surface area (Å²) in [4.78, 5) is 11.3. The molecule has 0 aliphatic rings. The van der Waals surface area contributed by atoms with Crippen molar-refractivity contribution in [3.63, 3.8) is 0 Å². The Balaban J connectivity index is 2.79. The molecule has 0 fully saturated rings. The lowest BCUT2D eigenvalue weighted by atomic mass is 10.2. The van der Waals surface area contributed by atoms with Gasteiger partial charge in [-0.2, -0.15) is 11.8 Å². The average molecular weight is 226 g/mol. The van der Waals surface area contributed by atoms with Gasteiger partial charge in [0, 0.05) is 6.07 Å². The van der Waals surface area contributed by atoms with Gasteiger partial charge in [0.05, 0.1) is 24.2 Å². The second-order valence-corrected chi connectivity index (χ2v) is 3.80. The van der Waals surface area contributed by atoms with E-state index in [1.54, 1.807) is 25.3 Å². The van der Waals surface area contributed by atoms with E-state index in [0.29, 0.717) is 22.9 Å². The number of benzene rings is 1. The van der Waals surface area contributed by atoms with Crippen LogP contribution in [0.2, 0.25) is 0 Å². The van der Waals surface area contributed by atoms with Gasteiger partial charge in [0.1, 0.15) is 5.75 Å². The summed E-state index contributed by atoms with van der Waals surface area (Å²) < 4.78 is 5.04. The fourth-order valence-corrected chi connectivity index (χ4v) is 1.42. The number of ether oxygens (including phenoxy) is 1. The molecule has 0 aliphatic heterocycles. The van der Waals surface area contributed by atoms with Crippen LogP contribution in [0.1, 0.15) is 0 Å². The van der Waals surface area contributed by atoms with E-state index in [1.807, 2.05) is 6.26 Å². The molecular weight excluding hydrogens is 212 g/mol. The fourth-order valence-electron chi connectivity index (χ4n) is 1.09. The molecule has 1 rings (SSSR count). The van der Waals surface area contributed by atoms with Crippen LogP contribution in [0.25, 0.3) is 0 Å². The molecule has 5 heteroatoms. The van der Waals surface area contributed by atoms with Crippen molar-refractivity contribution in [1.29, 1.82) is 0 Å². The first kappa shape index (κ1) is 11.7. The van der Waals surface area contributed by atoms with E-state index in [2.05, 4.69) is 5.32 Å². The van der Waals surface area contributed by atoms with Crippen molar-refractivity contribution >= 4 is 29.0 Å². The van der Waals surface area contributed by atoms with Crippen LogP contribution in [-0.4, -0.2) is 25.0 Å². The third-order valence-electron chi connectivity index (χ3n) is 1.81. The summed E-state index contributed by atoms with van der Waals surface area (Å²) in [5.74, 6) is 1.02. The van der Waals surface area contributed by atoms with E-state index in [9.17, 15) is 4.79 Å². The monoisotopic (exact) mass is 226 g/mol. The number of hydrogen-bond acceptors (Lipinski definition) is 4. The van der Waals surface area contributed by atoms with Gasteiger partial charge in [-0.05, 0) is 18.4 Å². The molecular formula is C10H14N2O2S. The van der Waals surface area contributed by atoms with E-state index in [4.69, 9.17) is 10.5 Å². The Bertz CT molecular complexity index is 355. The SMILES string of the molecule is COc1ccc(N)c(NC(=O)CSC)c1. The Morgan fingerprint density at radius 1 is 1.60 bits per heavy atom. The van der Waals surface area contributed by atoms with Gasteiger partial charge in [-0.15, -0.1) is 0 Å². The molecule has 15 heavy (non-hydrogen) atoms. The van der Waals surface area contributed by atoms with Crippen LogP contribution in [-0.2, 0) is 4.79 Å². The Hall–Kier alpha value is -1.36. The summed E-state index contributed by atoms with van der Waals surface area (Å²) in [6.45, 7) is 0. The van der Waals surface area contributed by atoms with Crippen molar-refractivity contribution in [2.45, 2.75) is 0 Å². The second kappa shape index (κ2) is 5.50. The number of nitrogens with one attached hydrogen (secondary N) is 1. The van der Waals surface area contributed by atoms with Gasteiger partial charge in [-0.1, -0.05) is 0 Å². The number of carbonyl (C=O) groups excluding carboxylic acids is 1. The molecule has 0 aromatic heterocycles. The lowest BCUT2D eigenvalue weighted by molar-refractivity contribution is -0.113. The highest BCUT2D eigenvalue weighted by molar-refractivity contribution is 7.99. The van der Waals surface area contributed by atoms with Gasteiger partial charge in [-0.25, -0.2) is 0 Å². The number of hydrogen-bond donors (Lipinski definition) is 2. The standard InChI is InChI=1S/C10H14N2O2S/c1-14-7-3-4-8(11)9(5-7)12-10(13)6-15-2/h3-5H,6,11H2,1-2H3,(H,12,13). The van der Waals surface area contributed by atoms with Gasteiger partial charge in [0.2, 0.25) is 5.91 Å². The van der Waals surface area contributed by atoms with Crippen LogP contribution in [0.3, 0.4) is 0 Å². The maximum atomic E-state index is 11.3. The molecule has 0 saturated carbocycles. The molecule has 0 spiro atoms. The van der Waals surface area contributed by atoms with Crippen LogP contribution in [0, 0.1) is 0 Å². The summed E-state index contributed by atoms with van der Waals surface area (Å²) in [5, 5.41) is 2.72. The zero-order chi connectivity index (χ0) is 11.3. The minimum atomic E-state index is -0.0672. The first-order valence-electron chi connectivity index (χ1n) is 4.39. The molecule has 4 nitrogen and oxygen atoms in total. The zero-order valence-electron chi connectivity index (χ0n) is 8.74. The van der Waals surface area contributed by atoms with Crippen molar-refractivity contribution in [2.75, 3.05) is 30.2 Å². The topological polar surface area (TPSA) is 64.3 Å². The average Bonchev–Trinajstić information content (AvgIpc) is 2.21. The smallest absolute Gasteiger partial charge is 0.234 e.